The molecule has 10 heteroatoms. The fourth-order valence-corrected chi connectivity index (χ4v) is 5.73. The quantitative estimate of drug-likeness (QED) is 0.0605. The number of rotatable bonds is 18. The summed E-state index contributed by atoms with van der Waals surface area (Å²) in [5.41, 5.74) is 6.29. The Labute approximate surface area is 263 Å². The number of aliphatic hydroxyl groups excluding tert-OH is 4. The second-order valence-corrected chi connectivity index (χ2v) is 12.5. The van der Waals surface area contributed by atoms with E-state index in [0.29, 0.717) is 6.42 Å². The van der Waals surface area contributed by atoms with Gasteiger partial charge in [-0.3, -0.25) is 4.79 Å². The maximum absolute atomic E-state index is 12.0. The Bertz CT molecular complexity index is 1040. The van der Waals surface area contributed by atoms with Gasteiger partial charge in [-0.15, -0.1) is 0 Å². The standard InChI is InChI=1S/C34H55NO9/c1-10-11-12-21(4)32(44-34(35)41)25(8)31(39)23(6)16-19(2)15-22(5)30(38)20(3)13-14-27(42-26(9)36)17-28-18-29(37)24(7)33(40)43-28/h10-15,20-25,27-32,36-39H,1,9,16-18H2,2-8H3,(H2,35,41)/b12-11-,14-13-,19-15-/t20-,21-,22-,23-,24+,25-,27+,28-,29-,30-,31+,32-/m0/s1. The van der Waals surface area contributed by atoms with Crippen LogP contribution in [0.5, 0.6) is 0 Å². The molecule has 10 nitrogen and oxygen atoms in total. The third-order valence-corrected chi connectivity index (χ3v) is 8.38. The fraction of sp³-hybridized carbons (Fsp3) is 0.647. The molecular weight excluding hydrogens is 566 g/mol. The zero-order valence-corrected chi connectivity index (χ0v) is 27.3. The lowest BCUT2D eigenvalue weighted by Gasteiger charge is -2.33. The van der Waals surface area contributed by atoms with Crippen molar-refractivity contribution in [3.05, 3.63) is 61.1 Å². The van der Waals surface area contributed by atoms with Crippen LogP contribution in [-0.4, -0.2) is 69.1 Å². The molecule has 1 saturated heterocycles. The summed E-state index contributed by atoms with van der Waals surface area (Å²) in [5, 5.41) is 41.9. The first-order chi connectivity index (χ1) is 20.5. The van der Waals surface area contributed by atoms with Crippen LogP contribution in [0.1, 0.15) is 67.7 Å². The van der Waals surface area contributed by atoms with E-state index in [-0.39, 0.29) is 36.5 Å². The predicted octanol–water partition coefficient (Wildman–Crippen LogP) is 5.10. The highest BCUT2D eigenvalue weighted by Crippen LogP contribution is 2.29. The maximum atomic E-state index is 12.0. The van der Waals surface area contributed by atoms with Crippen LogP contribution in [0.15, 0.2) is 61.1 Å². The van der Waals surface area contributed by atoms with Crippen LogP contribution >= 0.6 is 0 Å². The normalized spacial score (nSPS) is 25.6. The minimum atomic E-state index is -0.896. The molecule has 0 radical (unpaired) electrons. The lowest BCUT2D eigenvalue weighted by atomic mass is 9.81. The van der Waals surface area contributed by atoms with Gasteiger partial charge in [0.05, 0.1) is 24.2 Å². The second kappa shape index (κ2) is 18.7. The molecule has 0 bridgehead atoms. The molecule has 44 heavy (non-hydrogen) atoms. The van der Waals surface area contributed by atoms with Gasteiger partial charge >= 0.3 is 12.1 Å². The molecule has 12 atom stereocenters. The van der Waals surface area contributed by atoms with Gasteiger partial charge in [-0.25, -0.2) is 4.79 Å². The Hall–Kier alpha value is -3.08. The number of nitrogens with two attached hydrogens (primary N) is 1. The van der Waals surface area contributed by atoms with Crippen LogP contribution in [0, 0.1) is 35.5 Å². The Balaban J connectivity index is 2.87. The number of primary amides is 1. The van der Waals surface area contributed by atoms with Crippen LogP contribution in [-0.2, 0) is 19.0 Å². The summed E-state index contributed by atoms with van der Waals surface area (Å²) >= 11 is 0. The first kappa shape index (κ1) is 38.9. The summed E-state index contributed by atoms with van der Waals surface area (Å²) in [7, 11) is 0. The number of ether oxygens (including phenoxy) is 3. The van der Waals surface area contributed by atoms with Crippen molar-refractivity contribution >= 4 is 12.1 Å². The third-order valence-electron chi connectivity index (χ3n) is 8.38. The molecule has 1 rings (SSSR count). The Morgan fingerprint density at radius 3 is 2.25 bits per heavy atom. The van der Waals surface area contributed by atoms with Gasteiger partial charge in [0.1, 0.15) is 18.3 Å². The van der Waals surface area contributed by atoms with Crippen molar-refractivity contribution in [3.8, 4) is 0 Å². The smallest absolute Gasteiger partial charge is 0.404 e. The van der Waals surface area contributed by atoms with Gasteiger partial charge in [0.2, 0.25) is 0 Å². The summed E-state index contributed by atoms with van der Waals surface area (Å²) in [6.45, 7) is 20.0. The number of hydrogen-bond donors (Lipinski definition) is 5. The van der Waals surface area contributed by atoms with Gasteiger partial charge in [0.25, 0.3) is 5.95 Å². The molecule has 0 aromatic heterocycles. The summed E-state index contributed by atoms with van der Waals surface area (Å²) in [6, 6.07) is 0. The van der Waals surface area contributed by atoms with Crippen LogP contribution in [0.2, 0.25) is 0 Å². The van der Waals surface area contributed by atoms with E-state index >= 15 is 0 Å². The molecule has 6 N–H and O–H groups in total. The molecule has 1 fully saturated rings. The van der Waals surface area contributed by atoms with Gasteiger partial charge in [-0.05, 0) is 38.8 Å². The van der Waals surface area contributed by atoms with Crippen molar-refractivity contribution in [1.29, 1.82) is 0 Å². The Morgan fingerprint density at radius 2 is 1.70 bits per heavy atom. The SMILES string of the molecule is C=C/C=C\[C@H](C)[C@H](OC(N)=O)[C@@H](C)[C@H](O)[C@@H](C)C/C(C)=C\[C@H](C)[C@@H](O)[C@@H](C)/C=C\[C@H](C[C@H]1C[C@H](O)[C@@H](C)C(=O)O1)OC(=C)O. The lowest BCUT2D eigenvalue weighted by molar-refractivity contribution is -0.170. The number of carbonyl (C=O) groups excluding carboxylic acids is 2. The number of amides is 1. The monoisotopic (exact) mass is 621 g/mol. The van der Waals surface area contributed by atoms with Gasteiger partial charge in [0, 0.05) is 36.5 Å². The average Bonchev–Trinajstić information content (AvgIpc) is 2.94. The van der Waals surface area contributed by atoms with E-state index in [1.54, 1.807) is 31.2 Å². The maximum Gasteiger partial charge on any atom is 0.404 e. The number of allylic oxidation sites excluding steroid dienone is 3. The van der Waals surface area contributed by atoms with Crippen LogP contribution in [0.4, 0.5) is 4.79 Å². The van der Waals surface area contributed by atoms with E-state index in [1.807, 2.05) is 53.7 Å². The summed E-state index contributed by atoms with van der Waals surface area (Å²) in [6.07, 6.45) is 6.56. The summed E-state index contributed by atoms with van der Waals surface area (Å²) in [4.78, 5) is 23.6. The predicted molar refractivity (Wildman–Crippen MR) is 170 cm³/mol. The fourth-order valence-electron chi connectivity index (χ4n) is 5.73. The van der Waals surface area contributed by atoms with Crippen molar-refractivity contribution < 1.29 is 44.2 Å². The number of cyclic esters (lactones) is 1. The average molecular weight is 622 g/mol. The Morgan fingerprint density at radius 1 is 1.07 bits per heavy atom. The van der Waals surface area contributed by atoms with Gasteiger partial charge in [0.15, 0.2) is 0 Å². The van der Waals surface area contributed by atoms with E-state index < -0.39 is 66.5 Å². The molecule has 0 unspecified atom stereocenters. The van der Waals surface area contributed by atoms with Gasteiger partial charge in [-0.1, -0.05) is 77.2 Å². The number of esters is 1. The first-order valence-electron chi connectivity index (χ1n) is 15.4. The molecule has 0 aromatic carbocycles. The first-order valence-corrected chi connectivity index (χ1v) is 15.4. The van der Waals surface area contributed by atoms with Crippen LogP contribution in [0.3, 0.4) is 0 Å². The number of hydrogen-bond acceptors (Lipinski definition) is 9. The molecular formula is C34H55NO9. The van der Waals surface area contributed by atoms with Crippen molar-refractivity contribution in [2.24, 2.45) is 41.2 Å². The molecule has 1 aliphatic heterocycles. The molecule has 1 aliphatic rings. The van der Waals surface area contributed by atoms with E-state index in [4.69, 9.17) is 19.9 Å². The van der Waals surface area contributed by atoms with Crippen LogP contribution in [0.25, 0.3) is 0 Å². The Kier molecular flexibility index (Phi) is 16.5. The minimum Gasteiger partial charge on any atom is -0.481 e. The molecule has 0 saturated carbocycles. The summed E-state index contributed by atoms with van der Waals surface area (Å²) < 4.78 is 16.2. The highest BCUT2D eigenvalue weighted by atomic mass is 16.6. The number of carbonyl (C=O) groups is 2. The highest BCUT2D eigenvalue weighted by molar-refractivity contribution is 5.73. The topological polar surface area (TPSA) is 169 Å². The lowest BCUT2D eigenvalue weighted by Crippen LogP contribution is -2.41. The zero-order valence-electron chi connectivity index (χ0n) is 27.3. The van der Waals surface area contributed by atoms with Crippen molar-refractivity contribution in [2.45, 2.75) is 104 Å². The number of aliphatic hydroxyl groups is 4. The van der Waals surface area contributed by atoms with E-state index in [0.717, 1.165) is 5.57 Å². The van der Waals surface area contributed by atoms with E-state index in [2.05, 4.69) is 13.2 Å². The van der Waals surface area contributed by atoms with Crippen molar-refractivity contribution in [3.63, 3.8) is 0 Å². The second-order valence-electron chi connectivity index (χ2n) is 12.5. The molecule has 0 aliphatic carbocycles. The third kappa shape index (κ3) is 12.9. The van der Waals surface area contributed by atoms with Crippen molar-refractivity contribution in [1.82, 2.24) is 0 Å². The molecule has 1 heterocycles. The summed E-state index contributed by atoms with van der Waals surface area (Å²) in [5.74, 6) is -2.85. The van der Waals surface area contributed by atoms with Crippen LogP contribution < -0.4 is 5.73 Å². The molecule has 1 amide bonds. The van der Waals surface area contributed by atoms with Gasteiger partial charge < -0.3 is 40.4 Å². The largest absolute Gasteiger partial charge is 0.481 e. The van der Waals surface area contributed by atoms with E-state index in [9.17, 15) is 30.0 Å². The zero-order chi connectivity index (χ0) is 33.7. The van der Waals surface area contributed by atoms with E-state index in [1.165, 1.54) is 0 Å². The van der Waals surface area contributed by atoms with Gasteiger partial charge in [-0.2, -0.15) is 0 Å². The highest BCUT2D eigenvalue weighted by Gasteiger charge is 2.36. The van der Waals surface area contributed by atoms with Crippen molar-refractivity contribution in [2.75, 3.05) is 0 Å². The molecule has 0 spiro atoms. The molecule has 0 aromatic rings. The minimum absolute atomic E-state index is 0.169. The molecule has 250 valence electrons.